The molecule has 0 unspecified atom stereocenters. The van der Waals surface area contributed by atoms with Gasteiger partial charge in [-0.3, -0.25) is 4.79 Å². The predicted molar refractivity (Wildman–Crippen MR) is 116 cm³/mol. The molecule has 9 heteroatoms. The summed E-state index contributed by atoms with van der Waals surface area (Å²) in [5.74, 6) is -0.397. The van der Waals surface area contributed by atoms with Crippen LogP contribution in [0.15, 0.2) is 53.0 Å². The number of rotatable bonds is 6. The SMILES string of the molecule is O=C(NCCS(=O)(=O)N1CCN(c2ccc(Cl)cc2)CC1)c1ccc(Br)cc1. The second kappa shape index (κ2) is 9.26. The van der Waals surface area contributed by atoms with Crippen molar-refractivity contribution in [2.75, 3.05) is 43.4 Å². The summed E-state index contributed by atoms with van der Waals surface area (Å²) in [4.78, 5) is 14.2. The summed E-state index contributed by atoms with van der Waals surface area (Å²) in [6.07, 6.45) is 0. The Morgan fingerprint density at radius 1 is 1.00 bits per heavy atom. The molecule has 1 amide bonds. The van der Waals surface area contributed by atoms with Crippen molar-refractivity contribution in [1.29, 1.82) is 0 Å². The lowest BCUT2D eigenvalue weighted by atomic mass is 10.2. The van der Waals surface area contributed by atoms with Crippen LogP contribution >= 0.6 is 27.5 Å². The maximum Gasteiger partial charge on any atom is 0.251 e. The number of nitrogens with one attached hydrogen (secondary N) is 1. The maximum atomic E-state index is 12.6. The van der Waals surface area contributed by atoms with Crippen LogP contribution in [0.5, 0.6) is 0 Å². The second-order valence-electron chi connectivity index (χ2n) is 6.44. The highest BCUT2D eigenvalue weighted by Gasteiger charge is 2.26. The molecule has 3 rings (SSSR count). The fourth-order valence-corrected chi connectivity index (χ4v) is 4.73. The van der Waals surface area contributed by atoms with E-state index >= 15 is 0 Å². The molecule has 0 spiro atoms. The van der Waals surface area contributed by atoms with E-state index in [0.29, 0.717) is 36.8 Å². The average Bonchev–Trinajstić information content (AvgIpc) is 2.69. The van der Waals surface area contributed by atoms with E-state index in [0.717, 1.165) is 10.2 Å². The molecule has 0 bridgehead atoms. The fourth-order valence-electron chi connectivity index (χ4n) is 3.00. The van der Waals surface area contributed by atoms with Gasteiger partial charge in [-0.2, -0.15) is 4.31 Å². The van der Waals surface area contributed by atoms with Crippen LogP contribution in [-0.2, 0) is 10.0 Å². The summed E-state index contributed by atoms with van der Waals surface area (Å²) in [5, 5.41) is 3.35. The van der Waals surface area contributed by atoms with E-state index in [4.69, 9.17) is 11.6 Å². The number of anilines is 1. The first-order valence-electron chi connectivity index (χ1n) is 8.87. The van der Waals surface area contributed by atoms with Gasteiger partial charge in [0.15, 0.2) is 0 Å². The van der Waals surface area contributed by atoms with Crippen LogP contribution in [0.2, 0.25) is 5.02 Å². The maximum absolute atomic E-state index is 12.6. The van der Waals surface area contributed by atoms with Gasteiger partial charge in [-0.25, -0.2) is 8.42 Å². The molecule has 150 valence electrons. The molecule has 0 atom stereocenters. The number of carbonyl (C=O) groups excluding carboxylic acids is 1. The third-order valence-electron chi connectivity index (χ3n) is 4.58. The van der Waals surface area contributed by atoms with E-state index in [2.05, 4.69) is 26.1 Å². The number of nitrogens with zero attached hydrogens (tertiary/aromatic N) is 2. The van der Waals surface area contributed by atoms with Crippen molar-refractivity contribution in [1.82, 2.24) is 9.62 Å². The van der Waals surface area contributed by atoms with Crippen LogP contribution < -0.4 is 10.2 Å². The van der Waals surface area contributed by atoms with Crippen LogP contribution in [-0.4, -0.2) is 57.1 Å². The van der Waals surface area contributed by atoms with Gasteiger partial charge in [0.1, 0.15) is 0 Å². The highest BCUT2D eigenvalue weighted by Crippen LogP contribution is 2.20. The molecule has 0 radical (unpaired) electrons. The smallest absolute Gasteiger partial charge is 0.251 e. The van der Waals surface area contributed by atoms with E-state index in [1.807, 2.05) is 24.3 Å². The summed E-state index contributed by atoms with van der Waals surface area (Å²) >= 11 is 9.23. The first kappa shape index (κ1) is 21.1. The lowest BCUT2D eigenvalue weighted by molar-refractivity contribution is 0.0956. The van der Waals surface area contributed by atoms with E-state index in [-0.39, 0.29) is 18.2 Å². The van der Waals surface area contributed by atoms with Crippen molar-refractivity contribution in [3.05, 3.63) is 63.6 Å². The van der Waals surface area contributed by atoms with Crippen LogP contribution in [0.3, 0.4) is 0 Å². The topological polar surface area (TPSA) is 69.7 Å². The molecule has 1 aliphatic rings. The van der Waals surface area contributed by atoms with Gasteiger partial charge in [0.05, 0.1) is 5.75 Å². The van der Waals surface area contributed by atoms with Crippen LogP contribution in [0.25, 0.3) is 0 Å². The summed E-state index contributed by atoms with van der Waals surface area (Å²) in [6, 6.07) is 14.4. The van der Waals surface area contributed by atoms with Gasteiger partial charge in [-0.05, 0) is 48.5 Å². The summed E-state index contributed by atoms with van der Waals surface area (Å²) in [7, 11) is -3.42. The Bertz CT molecular complexity index is 912. The summed E-state index contributed by atoms with van der Waals surface area (Å²) < 4.78 is 27.5. The van der Waals surface area contributed by atoms with Crippen LogP contribution in [0.1, 0.15) is 10.4 Å². The van der Waals surface area contributed by atoms with Crippen molar-refractivity contribution >= 4 is 49.1 Å². The van der Waals surface area contributed by atoms with E-state index in [1.165, 1.54) is 4.31 Å². The standard InChI is InChI=1S/C19H21BrClN3O3S/c20-16-3-1-15(2-4-16)19(25)22-9-14-28(26,27)24-12-10-23(11-13-24)18-7-5-17(21)6-8-18/h1-8H,9-14H2,(H,22,25). The predicted octanol–water partition coefficient (Wildman–Crippen LogP) is 2.98. The van der Waals surface area contributed by atoms with Crippen molar-refractivity contribution in [2.24, 2.45) is 0 Å². The third kappa shape index (κ3) is 5.47. The number of hydrogen-bond donors (Lipinski definition) is 1. The monoisotopic (exact) mass is 485 g/mol. The molecule has 0 aromatic heterocycles. The molecule has 1 N–H and O–H groups in total. The van der Waals surface area contributed by atoms with Crippen LogP contribution in [0, 0.1) is 0 Å². The molecule has 6 nitrogen and oxygen atoms in total. The van der Waals surface area contributed by atoms with E-state index in [9.17, 15) is 13.2 Å². The van der Waals surface area contributed by atoms with Gasteiger partial charge in [0.2, 0.25) is 10.0 Å². The molecule has 1 saturated heterocycles. The number of carbonyl (C=O) groups is 1. The zero-order chi connectivity index (χ0) is 20.1. The number of halogens is 2. The van der Waals surface area contributed by atoms with E-state index in [1.54, 1.807) is 24.3 Å². The zero-order valence-corrected chi connectivity index (χ0v) is 18.3. The normalized spacial score (nSPS) is 15.4. The Hall–Kier alpha value is -1.61. The molecule has 0 aliphatic carbocycles. The Kier molecular flexibility index (Phi) is 6.98. The largest absolute Gasteiger partial charge is 0.369 e. The van der Waals surface area contributed by atoms with Crippen molar-refractivity contribution in [3.8, 4) is 0 Å². The lowest BCUT2D eigenvalue weighted by Gasteiger charge is -2.35. The average molecular weight is 487 g/mol. The molecule has 0 saturated carbocycles. The number of amides is 1. The minimum atomic E-state index is -3.42. The van der Waals surface area contributed by atoms with Gasteiger partial charge in [-0.1, -0.05) is 27.5 Å². The molecule has 1 fully saturated rings. The van der Waals surface area contributed by atoms with Gasteiger partial charge >= 0.3 is 0 Å². The van der Waals surface area contributed by atoms with Gasteiger partial charge < -0.3 is 10.2 Å². The van der Waals surface area contributed by atoms with Gasteiger partial charge in [0.25, 0.3) is 5.91 Å². The highest BCUT2D eigenvalue weighted by molar-refractivity contribution is 9.10. The molecular weight excluding hydrogens is 466 g/mol. The minimum absolute atomic E-state index is 0.0780. The number of piperazine rings is 1. The van der Waals surface area contributed by atoms with Crippen molar-refractivity contribution in [2.45, 2.75) is 0 Å². The minimum Gasteiger partial charge on any atom is -0.369 e. The zero-order valence-electron chi connectivity index (χ0n) is 15.1. The number of benzene rings is 2. The summed E-state index contributed by atoms with van der Waals surface area (Å²) in [5.41, 5.74) is 1.53. The molecule has 1 heterocycles. The molecule has 2 aromatic rings. The first-order valence-corrected chi connectivity index (χ1v) is 11.7. The number of hydrogen-bond acceptors (Lipinski definition) is 4. The number of sulfonamides is 1. The lowest BCUT2D eigenvalue weighted by Crippen LogP contribution is -2.50. The van der Waals surface area contributed by atoms with Crippen LogP contribution in [0.4, 0.5) is 5.69 Å². The summed E-state index contributed by atoms with van der Waals surface area (Å²) in [6.45, 7) is 2.16. The third-order valence-corrected chi connectivity index (χ3v) is 7.23. The first-order chi connectivity index (χ1) is 13.3. The van der Waals surface area contributed by atoms with Gasteiger partial charge in [-0.15, -0.1) is 0 Å². The Morgan fingerprint density at radius 3 is 2.21 bits per heavy atom. The van der Waals surface area contributed by atoms with E-state index < -0.39 is 10.0 Å². The molecular formula is C19H21BrClN3O3S. The Morgan fingerprint density at radius 2 is 1.61 bits per heavy atom. The Balaban J connectivity index is 1.48. The molecule has 2 aromatic carbocycles. The van der Waals surface area contributed by atoms with Crippen molar-refractivity contribution in [3.63, 3.8) is 0 Å². The fraction of sp³-hybridized carbons (Fsp3) is 0.316. The van der Waals surface area contributed by atoms with Crippen molar-refractivity contribution < 1.29 is 13.2 Å². The highest BCUT2D eigenvalue weighted by atomic mass is 79.9. The second-order valence-corrected chi connectivity index (χ2v) is 9.88. The quantitative estimate of drug-likeness (QED) is 0.681. The molecule has 28 heavy (non-hydrogen) atoms. The van der Waals surface area contributed by atoms with Gasteiger partial charge in [0, 0.05) is 53.5 Å². The molecule has 1 aliphatic heterocycles. The Labute approximate surface area is 178 Å².